The Morgan fingerprint density at radius 1 is 1.21 bits per heavy atom. The van der Waals surface area contributed by atoms with Crippen molar-refractivity contribution in [2.75, 3.05) is 33.1 Å². The fourth-order valence-corrected chi connectivity index (χ4v) is 2.94. The number of aromatic nitrogens is 1. The second-order valence-corrected chi connectivity index (χ2v) is 7.05. The average molecular weight is 398 g/mol. The molecule has 1 heterocycles. The van der Waals surface area contributed by atoms with Crippen LogP contribution in [0.15, 0.2) is 36.5 Å². The van der Waals surface area contributed by atoms with Crippen LogP contribution >= 0.6 is 0 Å². The van der Waals surface area contributed by atoms with Gasteiger partial charge in [0.1, 0.15) is 0 Å². The van der Waals surface area contributed by atoms with Crippen LogP contribution in [0.4, 0.5) is 5.69 Å². The van der Waals surface area contributed by atoms with Crippen LogP contribution in [0.5, 0.6) is 11.5 Å². The molecule has 8 nitrogen and oxygen atoms in total. The maximum absolute atomic E-state index is 12.6. The second-order valence-electron chi connectivity index (χ2n) is 7.05. The zero-order valence-electron chi connectivity index (χ0n) is 16.9. The van der Waals surface area contributed by atoms with E-state index in [0.717, 1.165) is 18.5 Å². The number of hydrogen-bond donors (Lipinski definition) is 2. The minimum absolute atomic E-state index is 0.153. The van der Waals surface area contributed by atoms with Gasteiger partial charge in [0.05, 0.1) is 32.1 Å². The molecule has 1 fully saturated rings. The van der Waals surface area contributed by atoms with Crippen molar-refractivity contribution in [3.63, 3.8) is 0 Å². The standard InChI is InChI=1S/C21H26N4O4/c1-25(12-16-6-4-5-9-22-16)13-19(26)24-17-10-14(21(27)23-15-7-8-15)11-18(28-2)20(17)29-3/h4-6,9-11,15H,7-8,12-13H2,1-3H3,(H,23,27)(H,24,26). The van der Waals surface area contributed by atoms with Gasteiger partial charge in [0.25, 0.3) is 5.91 Å². The van der Waals surface area contributed by atoms with Crippen LogP contribution < -0.4 is 20.1 Å². The minimum Gasteiger partial charge on any atom is -0.493 e. The maximum atomic E-state index is 12.6. The molecule has 0 saturated heterocycles. The van der Waals surface area contributed by atoms with Crippen LogP contribution in [0.25, 0.3) is 0 Å². The van der Waals surface area contributed by atoms with Crippen LogP contribution in [0, 0.1) is 0 Å². The van der Waals surface area contributed by atoms with Crippen molar-refractivity contribution < 1.29 is 19.1 Å². The van der Waals surface area contributed by atoms with Gasteiger partial charge in [-0.1, -0.05) is 6.07 Å². The van der Waals surface area contributed by atoms with E-state index in [2.05, 4.69) is 15.6 Å². The third-order valence-electron chi connectivity index (χ3n) is 4.50. The lowest BCUT2D eigenvalue weighted by Crippen LogP contribution is -2.30. The predicted octanol–water partition coefficient (Wildman–Crippen LogP) is 2.06. The van der Waals surface area contributed by atoms with Crippen molar-refractivity contribution in [1.29, 1.82) is 0 Å². The van der Waals surface area contributed by atoms with Gasteiger partial charge < -0.3 is 20.1 Å². The molecule has 0 spiro atoms. The van der Waals surface area contributed by atoms with Crippen LogP contribution in [-0.4, -0.2) is 55.6 Å². The number of nitrogens with one attached hydrogen (secondary N) is 2. The van der Waals surface area contributed by atoms with Crippen LogP contribution in [0.2, 0.25) is 0 Å². The summed E-state index contributed by atoms with van der Waals surface area (Å²) in [6, 6.07) is 9.11. The number of nitrogens with zero attached hydrogens (tertiary/aromatic N) is 2. The third-order valence-corrected chi connectivity index (χ3v) is 4.50. The molecule has 1 aromatic carbocycles. The first-order valence-corrected chi connectivity index (χ1v) is 9.45. The van der Waals surface area contributed by atoms with Gasteiger partial charge in [0.15, 0.2) is 11.5 Å². The Balaban J connectivity index is 1.71. The summed E-state index contributed by atoms with van der Waals surface area (Å²) in [5, 5.41) is 5.77. The number of amides is 2. The molecule has 1 saturated carbocycles. The van der Waals surface area contributed by atoms with Crippen molar-refractivity contribution in [1.82, 2.24) is 15.2 Å². The summed E-state index contributed by atoms with van der Waals surface area (Å²) in [6.07, 6.45) is 3.70. The molecule has 2 N–H and O–H groups in total. The zero-order valence-corrected chi connectivity index (χ0v) is 16.9. The molecule has 0 bridgehead atoms. The molecule has 29 heavy (non-hydrogen) atoms. The first-order valence-electron chi connectivity index (χ1n) is 9.45. The molecule has 1 aliphatic carbocycles. The summed E-state index contributed by atoms with van der Waals surface area (Å²) in [5.41, 5.74) is 1.68. The fourth-order valence-electron chi connectivity index (χ4n) is 2.94. The number of anilines is 1. The lowest BCUT2D eigenvalue weighted by atomic mass is 10.1. The Bertz CT molecular complexity index is 868. The number of hydrogen-bond acceptors (Lipinski definition) is 6. The number of pyridine rings is 1. The summed E-state index contributed by atoms with van der Waals surface area (Å²) in [7, 11) is 4.82. The van der Waals surface area contributed by atoms with E-state index >= 15 is 0 Å². The first-order chi connectivity index (χ1) is 14.0. The number of benzene rings is 1. The van der Waals surface area contributed by atoms with E-state index < -0.39 is 0 Å². The molecule has 0 aliphatic heterocycles. The Hall–Kier alpha value is -3.13. The topological polar surface area (TPSA) is 92.8 Å². The fraction of sp³-hybridized carbons (Fsp3) is 0.381. The van der Waals surface area contributed by atoms with E-state index in [9.17, 15) is 9.59 Å². The normalized spacial score (nSPS) is 13.1. The summed E-state index contributed by atoms with van der Waals surface area (Å²) < 4.78 is 10.8. The van der Waals surface area contributed by atoms with Crippen molar-refractivity contribution >= 4 is 17.5 Å². The predicted molar refractivity (Wildman–Crippen MR) is 109 cm³/mol. The van der Waals surface area contributed by atoms with Gasteiger partial charge >= 0.3 is 0 Å². The molecule has 0 atom stereocenters. The monoisotopic (exact) mass is 398 g/mol. The molecule has 8 heteroatoms. The van der Waals surface area contributed by atoms with Gasteiger partial charge in [-0.2, -0.15) is 0 Å². The zero-order chi connectivity index (χ0) is 20.8. The number of carbonyl (C=O) groups excluding carboxylic acids is 2. The Morgan fingerprint density at radius 3 is 2.62 bits per heavy atom. The lowest BCUT2D eigenvalue weighted by Gasteiger charge is -2.18. The van der Waals surface area contributed by atoms with Gasteiger partial charge in [0, 0.05) is 24.3 Å². The number of carbonyl (C=O) groups is 2. The van der Waals surface area contributed by atoms with E-state index in [4.69, 9.17) is 9.47 Å². The molecule has 1 aromatic heterocycles. The highest BCUT2D eigenvalue weighted by Gasteiger charge is 2.25. The van der Waals surface area contributed by atoms with Crippen LogP contribution in [0.1, 0.15) is 28.9 Å². The highest BCUT2D eigenvalue weighted by Crippen LogP contribution is 2.37. The van der Waals surface area contributed by atoms with Gasteiger partial charge in [-0.3, -0.25) is 19.5 Å². The largest absolute Gasteiger partial charge is 0.493 e. The minimum atomic E-state index is -0.233. The highest BCUT2D eigenvalue weighted by atomic mass is 16.5. The van der Waals surface area contributed by atoms with Gasteiger partial charge in [-0.25, -0.2) is 0 Å². The molecule has 0 unspecified atom stereocenters. The Labute approximate surface area is 170 Å². The second kappa shape index (κ2) is 9.38. The van der Waals surface area contributed by atoms with E-state index in [1.807, 2.05) is 30.1 Å². The van der Waals surface area contributed by atoms with Crippen molar-refractivity contribution in [2.45, 2.75) is 25.4 Å². The first kappa shape index (κ1) is 20.6. The molecule has 154 valence electrons. The summed E-state index contributed by atoms with van der Waals surface area (Å²) >= 11 is 0. The van der Waals surface area contributed by atoms with Crippen molar-refractivity contribution in [2.24, 2.45) is 0 Å². The number of ether oxygens (including phenoxy) is 2. The van der Waals surface area contributed by atoms with Gasteiger partial charge in [0.2, 0.25) is 5.91 Å². The van der Waals surface area contributed by atoms with Gasteiger partial charge in [-0.15, -0.1) is 0 Å². The maximum Gasteiger partial charge on any atom is 0.251 e. The molecule has 3 rings (SSSR count). The summed E-state index contributed by atoms with van der Waals surface area (Å²) in [4.78, 5) is 31.1. The molecule has 0 radical (unpaired) electrons. The SMILES string of the molecule is COc1cc(C(=O)NC2CC2)cc(NC(=O)CN(C)Cc2ccccn2)c1OC. The average Bonchev–Trinajstić information content (AvgIpc) is 3.51. The number of methoxy groups -OCH3 is 2. The van der Waals surface area contributed by atoms with Crippen molar-refractivity contribution in [3.05, 3.63) is 47.8 Å². The molecule has 1 aliphatic rings. The summed E-state index contributed by atoms with van der Waals surface area (Å²) in [5.74, 6) is 0.323. The number of likely N-dealkylation sites (N-methyl/N-ethyl adjacent to an activating group) is 1. The molecule has 2 amide bonds. The lowest BCUT2D eigenvalue weighted by molar-refractivity contribution is -0.117. The number of rotatable bonds is 9. The summed E-state index contributed by atoms with van der Waals surface area (Å²) in [6.45, 7) is 0.694. The third kappa shape index (κ3) is 5.68. The van der Waals surface area contributed by atoms with E-state index in [0.29, 0.717) is 29.3 Å². The molecular formula is C21H26N4O4. The van der Waals surface area contributed by atoms with E-state index in [1.54, 1.807) is 18.3 Å². The van der Waals surface area contributed by atoms with E-state index in [-0.39, 0.29) is 24.4 Å². The molecule has 2 aromatic rings. The van der Waals surface area contributed by atoms with E-state index in [1.165, 1.54) is 14.2 Å². The van der Waals surface area contributed by atoms with Crippen LogP contribution in [0.3, 0.4) is 0 Å². The highest BCUT2D eigenvalue weighted by molar-refractivity contribution is 6.00. The van der Waals surface area contributed by atoms with Crippen molar-refractivity contribution in [3.8, 4) is 11.5 Å². The van der Waals surface area contributed by atoms with Crippen LogP contribution in [-0.2, 0) is 11.3 Å². The Morgan fingerprint density at radius 2 is 2.00 bits per heavy atom. The Kier molecular flexibility index (Phi) is 6.66. The smallest absolute Gasteiger partial charge is 0.251 e. The van der Waals surface area contributed by atoms with Gasteiger partial charge in [-0.05, 0) is 44.2 Å². The quantitative estimate of drug-likeness (QED) is 0.672. The molecular weight excluding hydrogens is 372 g/mol.